The molecule has 6 heteroatoms. The van der Waals surface area contributed by atoms with Gasteiger partial charge in [-0.25, -0.2) is 4.79 Å². The van der Waals surface area contributed by atoms with Crippen LogP contribution in [0.3, 0.4) is 0 Å². The maximum Gasteiger partial charge on any atom is 0.322 e. The molecule has 0 aliphatic heterocycles. The number of nitrogens with one attached hydrogen (secondary N) is 2. The molecule has 2 aromatic carbocycles. The molecule has 2 amide bonds. The Balaban J connectivity index is 1.86. The number of halogens is 1. The van der Waals surface area contributed by atoms with E-state index in [0.29, 0.717) is 16.1 Å². The highest BCUT2D eigenvalue weighted by Gasteiger charge is 2.20. The average molecular weight is 356 g/mol. The van der Waals surface area contributed by atoms with Gasteiger partial charge in [0.15, 0.2) is 0 Å². The van der Waals surface area contributed by atoms with Crippen molar-refractivity contribution in [1.29, 1.82) is 0 Å². The van der Waals surface area contributed by atoms with Crippen LogP contribution in [0.25, 0.3) is 10.8 Å². The molecule has 1 atom stereocenters. The normalized spacial score (nSPS) is 12.0. The standard InChI is InChI=1S/C19H18ClN3O2/c1-12(17-11-21-18(24)16-6-4-3-5-15(16)17)23(2)19(25)22-14-9-7-13(20)8-10-14/h3-12H,1-2H3,(H,21,24)(H,22,25)/t12-/m1/s1. The van der Waals surface area contributed by atoms with Gasteiger partial charge >= 0.3 is 6.03 Å². The first kappa shape index (κ1) is 17.0. The Kier molecular flexibility index (Phi) is 4.76. The van der Waals surface area contributed by atoms with E-state index in [9.17, 15) is 9.59 Å². The number of aromatic nitrogens is 1. The van der Waals surface area contributed by atoms with E-state index in [1.165, 1.54) is 0 Å². The Labute approximate surface area is 150 Å². The molecular formula is C19H18ClN3O2. The van der Waals surface area contributed by atoms with Crippen LogP contribution in [0.15, 0.2) is 59.5 Å². The summed E-state index contributed by atoms with van der Waals surface area (Å²) in [5, 5.41) is 4.89. The van der Waals surface area contributed by atoms with Crippen molar-refractivity contribution in [3.63, 3.8) is 0 Å². The molecular weight excluding hydrogens is 338 g/mol. The number of hydrogen-bond acceptors (Lipinski definition) is 2. The summed E-state index contributed by atoms with van der Waals surface area (Å²) in [5.41, 5.74) is 1.41. The van der Waals surface area contributed by atoms with Gasteiger partial charge in [0.1, 0.15) is 0 Å². The fourth-order valence-corrected chi connectivity index (χ4v) is 2.83. The fraction of sp³-hybridized carbons (Fsp3) is 0.158. The van der Waals surface area contributed by atoms with E-state index in [-0.39, 0.29) is 17.6 Å². The van der Waals surface area contributed by atoms with Crippen molar-refractivity contribution in [1.82, 2.24) is 9.88 Å². The number of hydrogen-bond donors (Lipinski definition) is 2. The zero-order valence-electron chi connectivity index (χ0n) is 13.9. The first-order valence-corrected chi connectivity index (χ1v) is 8.25. The first-order chi connectivity index (χ1) is 12.0. The van der Waals surface area contributed by atoms with Gasteiger partial charge in [0.25, 0.3) is 5.56 Å². The molecule has 2 N–H and O–H groups in total. The predicted molar refractivity (Wildman–Crippen MR) is 101 cm³/mol. The number of carbonyl (C=O) groups excluding carboxylic acids is 1. The van der Waals surface area contributed by atoms with Crippen LogP contribution in [0.2, 0.25) is 5.02 Å². The van der Waals surface area contributed by atoms with Crippen molar-refractivity contribution in [2.45, 2.75) is 13.0 Å². The van der Waals surface area contributed by atoms with Crippen LogP contribution in [-0.2, 0) is 0 Å². The number of H-pyrrole nitrogens is 1. The molecule has 0 spiro atoms. The summed E-state index contributed by atoms with van der Waals surface area (Å²) in [5.74, 6) is 0. The molecule has 1 aromatic heterocycles. The minimum atomic E-state index is -0.245. The van der Waals surface area contributed by atoms with Crippen LogP contribution in [0, 0.1) is 0 Å². The Hall–Kier alpha value is -2.79. The molecule has 0 radical (unpaired) electrons. The number of aromatic amines is 1. The third-order valence-electron chi connectivity index (χ3n) is 4.29. The molecule has 1 heterocycles. The summed E-state index contributed by atoms with van der Waals surface area (Å²) < 4.78 is 0. The van der Waals surface area contributed by atoms with Gasteiger partial charge < -0.3 is 15.2 Å². The summed E-state index contributed by atoms with van der Waals surface area (Å²) >= 11 is 5.86. The van der Waals surface area contributed by atoms with E-state index < -0.39 is 0 Å². The maximum absolute atomic E-state index is 12.5. The Bertz CT molecular complexity index is 966. The summed E-state index contributed by atoms with van der Waals surface area (Å²) in [7, 11) is 1.72. The predicted octanol–water partition coefficient (Wildman–Crippen LogP) is 4.41. The third-order valence-corrected chi connectivity index (χ3v) is 4.54. The van der Waals surface area contributed by atoms with Crippen LogP contribution in [0.1, 0.15) is 18.5 Å². The molecule has 3 rings (SSSR count). The molecule has 25 heavy (non-hydrogen) atoms. The minimum Gasteiger partial charge on any atom is -0.328 e. The van der Waals surface area contributed by atoms with Crippen LogP contribution in [0.5, 0.6) is 0 Å². The van der Waals surface area contributed by atoms with Gasteiger partial charge in [-0.1, -0.05) is 29.8 Å². The van der Waals surface area contributed by atoms with E-state index in [0.717, 1.165) is 10.9 Å². The lowest BCUT2D eigenvalue weighted by Gasteiger charge is -2.26. The van der Waals surface area contributed by atoms with Crippen LogP contribution in [0.4, 0.5) is 10.5 Å². The van der Waals surface area contributed by atoms with Gasteiger partial charge in [-0.2, -0.15) is 0 Å². The average Bonchev–Trinajstić information content (AvgIpc) is 2.63. The molecule has 0 saturated heterocycles. The third kappa shape index (κ3) is 3.51. The van der Waals surface area contributed by atoms with Crippen LogP contribution in [-0.4, -0.2) is 23.0 Å². The van der Waals surface area contributed by atoms with Crippen molar-refractivity contribution in [3.8, 4) is 0 Å². The highest BCUT2D eigenvalue weighted by atomic mass is 35.5. The van der Waals surface area contributed by atoms with Gasteiger partial charge in [-0.3, -0.25) is 4.79 Å². The monoisotopic (exact) mass is 355 g/mol. The summed E-state index contributed by atoms with van der Waals surface area (Å²) in [4.78, 5) is 28.8. The largest absolute Gasteiger partial charge is 0.328 e. The molecule has 0 saturated carbocycles. The number of benzene rings is 2. The second-order valence-corrected chi connectivity index (χ2v) is 6.28. The van der Waals surface area contributed by atoms with Crippen LogP contribution < -0.4 is 10.9 Å². The Morgan fingerprint density at radius 1 is 1.12 bits per heavy atom. The molecule has 0 unspecified atom stereocenters. The molecule has 0 aliphatic rings. The second kappa shape index (κ2) is 6.99. The minimum absolute atomic E-state index is 0.139. The molecule has 0 aliphatic carbocycles. The van der Waals surface area contributed by atoms with E-state index in [1.807, 2.05) is 25.1 Å². The smallest absolute Gasteiger partial charge is 0.322 e. The SMILES string of the molecule is C[C@H](c1c[nH]c(=O)c2ccccc12)N(C)C(=O)Nc1ccc(Cl)cc1. The van der Waals surface area contributed by atoms with Gasteiger partial charge in [0, 0.05) is 29.3 Å². The number of fused-ring (bicyclic) bond motifs is 1. The quantitative estimate of drug-likeness (QED) is 0.731. The molecule has 0 bridgehead atoms. The molecule has 128 valence electrons. The van der Waals surface area contributed by atoms with E-state index >= 15 is 0 Å². The van der Waals surface area contributed by atoms with Gasteiger partial charge in [-0.15, -0.1) is 0 Å². The number of carbonyl (C=O) groups is 1. The highest BCUT2D eigenvalue weighted by molar-refractivity contribution is 6.30. The van der Waals surface area contributed by atoms with Crippen molar-refractivity contribution in [2.75, 3.05) is 12.4 Å². The number of pyridine rings is 1. The van der Waals surface area contributed by atoms with Gasteiger partial charge in [0.2, 0.25) is 0 Å². The van der Waals surface area contributed by atoms with Crippen molar-refractivity contribution < 1.29 is 4.79 Å². The number of nitrogens with zero attached hydrogens (tertiary/aromatic N) is 1. The van der Waals surface area contributed by atoms with E-state index in [1.54, 1.807) is 48.5 Å². The molecule has 5 nitrogen and oxygen atoms in total. The lowest BCUT2D eigenvalue weighted by molar-refractivity contribution is 0.208. The van der Waals surface area contributed by atoms with Crippen molar-refractivity contribution in [2.24, 2.45) is 0 Å². The van der Waals surface area contributed by atoms with E-state index in [2.05, 4.69) is 10.3 Å². The number of urea groups is 1. The van der Waals surface area contributed by atoms with Gasteiger partial charge in [-0.05, 0) is 48.2 Å². The Morgan fingerprint density at radius 2 is 1.76 bits per heavy atom. The number of rotatable bonds is 3. The first-order valence-electron chi connectivity index (χ1n) is 7.87. The van der Waals surface area contributed by atoms with Crippen molar-refractivity contribution >= 4 is 34.1 Å². The topological polar surface area (TPSA) is 65.2 Å². The van der Waals surface area contributed by atoms with E-state index in [4.69, 9.17) is 11.6 Å². The molecule has 3 aromatic rings. The second-order valence-electron chi connectivity index (χ2n) is 5.84. The summed E-state index contributed by atoms with van der Waals surface area (Å²) in [6.45, 7) is 1.92. The number of anilines is 1. The van der Waals surface area contributed by atoms with Crippen molar-refractivity contribution in [3.05, 3.63) is 75.7 Å². The van der Waals surface area contributed by atoms with Gasteiger partial charge in [0.05, 0.1) is 6.04 Å². The lowest BCUT2D eigenvalue weighted by atomic mass is 10.0. The lowest BCUT2D eigenvalue weighted by Crippen LogP contribution is -2.34. The summed E-state index contributed by atoms with van der Waals surface area (Å²) in [6.07, 6.45) is 1.67. The Morgan fingerprint density at radius 3 is 2.44 bits per heavy atom. The highest BCUT2D eigenvalue weighted by Crippen LogP contribution is 2.25. The maximum atomic E-state index is 12.5. The molecule has 0 fully saturated rings. The number of amides is 2. The summed E-state index contributed by atoms with van der Waals surface area (Å²) in [6, 6.07) is 13.8. The zero-order chi connectivity index (χ0) is 18.0. The fourth-order valence-electron chi connectivity index (χ4n) is 2.71. The zero-order valence-corrected chi connectivity index (χ0v) is 14.7. The van der Waals surface area contributed by atoms with Crippen LogP contribution >= 0.6 is 11.6 Å².